The predicted octanol–water partition coefficient (Wildman–Crippen LogP) is 5.17. The molecule has 0 aliphatic carbocycles. The van der Waals surface area contributed by atoms with Crippen molar-refractivity contribution in [2.75, 3.05) is 4.90 Å². The maximum atomic E-state index is 14.1. The van der Waals surface area contributed by atoms with Crippen LogP contribution in [0.3, 0.4) is 0 Å². The fourth-order valence-corrected chi connectivity index (χ4v) is 4.09. The van der Waals surface area contributed by atoms with Gasteiger partial charge in [0.25, 0.3) is 0 Å². The van der Waals surface area contributed by atoms with Crippen molar-refractivity contribution < 1.29 is 9.18 Å². The first-order valence-electron chi connectivity index (χ1n) is 9.47. The molecule has 0 saturated heterocycles. The summed E-state index contributed by atoms with van der Waals surface area (Å²) in [6, 6.07) is 18.5. The number of anilines is 1. The zero-order valence-electron chi connectivity index (χ0n) is 16.0. The summed E-state index contributed by atoms with van der Waals surface area (Å²) in [5.41, 5.74) is 3.21. The highest BCUT2D eigenvalue weighted by Gasteiger charge is 2.22. The quantitative estimate of drug-likeness (QED) is 0.445. The highest BCUT2D eigenvalue weighted by molar-refractivity contribution is 7.22. The van der Waals surface area contributed by atoms with Gasteiger partial charge in [0.2, 0.25) is 5.91 Å². The van der Waals surface area contributed by atoms with Crippen LogP contribution in [0.5, 0.6) is 0 Å². The number of thiazole rings is 1. The first-order chi connectivity index (χ1) is 14.1. The molecule has 0 unspecified atom stereocenters. The largest absolute Gasteiger partial charge is 0.282 e. The summed E-state index contributed by atoms with van der Waals surface area (Å²) < 4.78 is 14.9. The summed E-state index contributed by atoms with van der Waals surface area (Å²) in [4.78, 5) is 23.6. The van der Waals surface area contributed by atoms with Crippen LogP contribution in [0.4, 0.5) is 9.52 Å². The molecule has 1 amide bonds. The Morgan fingerprint density at radius 3 is 2.52 bits per heavy atom. The number of hydrogen-bond donors (Lipinski definition) is 0. The van der Waals surface area contributed by atoms with Gasteiger partial charge >= 0.3 is 0 Å². The van der Waals surface area contributed by atoms with E-state index in [1.54, 1.807) is 17.2 Å². The molecule has 0 spiro atoms. The topological polar surface area (TPSA) is 46.1 Å². The normalized spacial score (nSPS) is 11.0. The van der Waals surface area contributed by atoms with Crippen molar-refractivity contribution in [2.45, 2.75) is 26.3 Å². The minimum absolute atomic E-state index is 0.0978. The van der Waals surface area contributed by atoms with E-state index < -0.39 is 0 Å². The average Bonchev–Trinajstić information content (AvgIpc) is 3.18. The highest BCUT2D eigenvalue weighted by atomic mass is 32.1. The molecule has 6 heteroatoms. The smallest absolute Gasteiger partial charge is 0.233 e. The van der Waals surface area contributed by atoms with Gasteiger partial charge in [0.15, 0.2) is 5.13 Å². The number of nitrogens with zero attached hydrogens (tertiary/aromatic N) is 3. The molecule has 29 heavy (non-hydrogen) atoms. The number of aryl methyl sites for hydroxylation is 1. The highest BCUT2D eigenvalue weighted by Crippen LogP contribution is 2.31. The number of benzene rings is 2. The van der Waals surface area contributed by atoms with E-state index in [4.69, 9.17) is 0 Å². The Morgan fingerprint density at radius 2 is 1.83 bits per heavy atom. The molecular formula is C23H20FN3OS. The van der Waals surface area contributed by atoms with Crippen LogP contribution in [0, 0.1) is 5.82 Å². The Labute approximate surface area is 172 Å². The van der Waals surface area contributed by atoms with Crippen molar-refractivity contribution in [3.8, 4) is 0 Å². The molecule has 0 saturated carbocycles. The molecular weight excluding hydrogens is 385 g/mol. The van der Waals surface area contributed by atoms with E-state index in [2.05, 4.69) is 16.9 Å². The number of pyridine rings is 1. The Hall–Kier alpha value is -3.12. The van der Waals surface area contributed by atoms with E-state index in [0.717, 1.165) is 17.7 Å². The van der Waals surface area contributed by atoms with Gasteiger partial charge in [-0.2, -0.15) is 0 Å². The Bertz CT molecular complexity index is 1130. The fourth-order valence-electron chi connectivity index (χ4n) is 3.10. The monoisotopic (exact) mass is 405 g/mol. The molecule has 4 rings (SSSR count). The minimum Gasteiger partial charge on any atom is -0.282 e. The van der Waals surface area contributed by atoms with E-state index in [1.807, 2.05) is 48.5 Å². The number of rotatable bonds is 6. The number of carbonyl (C=O) groups is 1. The van der Waals surface area contributed by atoms with Crippen LogP contribution in [0.25, 0.3) is 10.2 Å². The van der Waals surface area contributed by atoms with Gasteiger partial charge in [-0.1, -0.05) is 54.7 Å². The molecule has 4 nitrogen and oxygen atoms in total. The second kappa shape index (κ2) is 8.49. The standard InChI is InChI=1S/C23H20FN3OS/c1-2-16-9-11-17(12-10-16)14-21(28)27(15-18-6-3-4-13-25-18)23-26-22-19(24)7-5-8-20(22)29-23/h3-13H,2,14-15H2,1H3. The number of carbonyl (C=O) groups excluding carboxylic acids is 1. The van der Waals surface area contributed by atoms with Crippen molar-refractivity contribution in [3.05, 3.63) is 89.5 Å². The maximum absolute atomic E-state index is 14.1. The Morgan fingerprint density at radius 1 is 1.03 bits per heavy atom. The van der Waals surface area contributed by atoms with E-state index in [1.165, 1.54) is 23.0 Å². The summed E-state index contributed by atoms with van der Waals surface area (Å²) >= 11 is 1.31. The third kappa shape index (κ3) is 4.32. The second-order valence-corrected chi connectivity index (χ2v) is 7.74. The third-order valence-electron chi connectivity index (χ3n) is 4.72. The molecule has 0 bridgehead atoms. The third-order valence-corrected chi connectivity index (χ3v) is 5.77. The molecule has 0 aliphatic heterocycles. The average molecular weight is 405 g/mol. The molecule has 2 heterocycles. The zero-order valence-corrected chi connectivity index (χ0v) is 16.8. The first kappa shape index (κ1) is 19.2. The van der Waals surface area contributed by atoms with Gasteiger partial charge in [0.05, 0.1) is 23.4 Å². The summed E-state index contributed by atoms with van der Waals surface area (Å²) in [6.07, 6.45) is 2.89. The van der Waals surface area contributed by atoms with Gasteiger partial charge < -0.3 is 0 Å². The molecule has 0 radical (unpaired) electrons. The van der Waals surface area contributed by atoms with E-state index in [9.17, 15) is 9.18 Å². The van der Waals surface area contributed by atoms with Crippen molar-refractivity contribution in [1.29, 1.82) is 0 Å². The predicted molar refractivity (Wildman–Crippen MR) is 115 cm³/mol. The second-order valence-electron chi connectivity index (χ2n) is 6.73. The van der Waals surface area contributed by atoms with E-state index in [-0.39, 0.29) is 24.7 Å². The number of aromatic nitrogens is 2. The molecule has 0 N–H and O–H groups in total. The van der Waals surface area contributed by atoms with Crippen LogP contribution in [0.1, 0.15) is 23.7 Å². The molecule has 0 fully saturated rings. The van der Waals surface area contributed by atoms with Gasteiger partial charge in [0.1, 0.15) is 11.3 Å². The zero-order chi connectivity index (χ0) is 20.2. The minimum atomic E-state index is -0.384. The number of halogens is 1. The van der Waals surface area contributed by atoms with Gasteiger partial charge in [-0.3, -0.25) is 14.7 Å². The van der Waals surface area contributed by atoms with E-state index >= 15 is 0 Å². The SMILES string of the molecule is CCc1ccc(CC(=O)N(Cc2ccccn2)c2nc3c(F)cccc3s2)cc1. The van der Waals surface area contributed by atoms with Gasteiger partial charge in [0, 0.05) is 6.20 Å². The Balaban J connectivity index is 1.66. The van der Waals surface area contributed by atoms with Gasteiger partial charge in [-0.15, -0.1) is 0 Å². The maximum Gasteiger partial charge on any atom is 0.233 e. The van der Waals surface area contributed by atoms with Gasteiger partial charge in [-0.25, -0.2) is 9.37 Å². The lowest BCUT2D eigenvalue weighted by Gasteiger charge is -2.19. The summed E-state index contributed by atoms with van der Waals surface area (Å²) in [6.45, 7) is 2.38. The van der Waals surface area contributed by atoms with Crippen molar-refractivity contribution in [2.24, 2.45) is 0 Å². The molecule has 0 atom stereocenters. The lowest BCUT2D eigenvalue weighted by Crippen LogP contribution is -2.32. The molecule has 0 aliphatic rings. The van der Waals surface area contributed by atoms with Gasteiger partial charge in [-0.05, 0) is 41.8 Å². The van der Waals surface area contributed by atoms with Crippen LogP contribution in [-0.2, 0) is 24.2 Å². The van der Waals surface area contributed by atoms with E-state index in [0.29, 0.717) is 15.3 Å². The lowest BCUT2D eigenvalue weighted by molar-refractivity contribution is -0.118. The van der Waals surface area contributed by atoms with Crippen LogP contribution in [-0.4, -0.2) is 15.9 Å². The van der Waals surface area contributed by atoms with Crippen LogP contribution in [0.2, 0.25) is 0 Å². The number of para-hydroxylation sites is 1. The van der Waals surface area contributed by atoms with Crippen LogP contribution >= 0.6 is 11.3 Å². The van der Waals surface area contributed by atoms with Crippen molar-refractivity contribution in [3.63, 3.8) is 0 Å². The molecule has 2 aromatic heterocycles. The number of fused-ring (bicyclic) bond motifs is 1. The van der Waals surface area contributed by atoms with Crippen LogP contribution in [0.15, 0.2) is 66.9 Å². The molecule has 2 aromatic carbocycles. The first-order valence-corrected chi connectivity index (χ1v) is 10.3. The summed E-state index contributed by atoms with van der Waals surface area (Å²) in [7, 11) is 0. The lowest BCUT2D eigenvalue weighted by atomic mass is 10.1. The number of hydrogen-bond acceptors (Lipinski definition) is 4. The van der Waals surface area contributed by atoms with Crippen molar-refractivity contribution >= 4 is 32.6 Å². The number of amides is 1. The molecule has 4 aromatic rings. The van der Waals surface area contributed by atoms with Crippen molar-refractivity contribution in [1.82, 2.24) is 9.97 Å². The summed E-state index contributed by atoms with van der Waals surface area (Å²) in [5, 5.41) is 0.478. The van der Waals surface area contributed by atoms with Crippen LogP contribution < -0.4 is 4.90 Å². The summed E-state index contributed by atoms with van der Waals surface area (Å²) in [5.74, 6) is -0.482. The molecule has 146 valence electrons. The fraction of sp³-hybridized carbons (Fsp3) is 0.174. The Kier molecular flexibility index (Phi) is 5.62.